The lowest BCUT2D eigenvalue weighted by molar-refractivity contribution is -0.115. The summed E-state index contributed by atoms with van der Waals surface area (Å²) < 4.78 is 5.61. The van der Waals surface area contributed by atoms with Crippen molar-refractivity contribution in [2.45, 2.75) is 24.3 Å². The van der Waals surface area contributed by atoms with Crippen molar-refractivity contribution in [3.63, 3.8) is 0 Å². The van der Waals surface area contributed by atoms with Crippen LogP contribution in [0.1, 0.15) is 12.5 Å². The van der Waals surface area contributed by atoms with Crippen LogP contribution >= 0.6 is 23.4 Å². The van der Waals surface area contributed by atoms with Crippen LogP contribution in [0.25, 0.3) is 11.5 Å². The Labute approximate surface area is 154 Å². The fourth-order valence-corrected chi connectivity index (χ4v) is 2.95. The van der Waals surface area contributed by atoms with Crippen LogP contribution in [-0.2, 0) is 4.79 Å². The highest BCUT2D eigenvalue weighted by molar-refractivity contribution is 8.00. The van der Waals surface area contributed by atoms with E-state index in [-0.39, 0.29) is 11.2 Å². The van der Waals surface area contributed by atoms with Crippen molar-refractivity contribution in [2.24, 2.45) is 0 Å². The van der Waals surface area contributed by atoms with E-state index < -0.39 is 0 Å². The third-order valence-corrected chi connectivity index (χ3v) is 4.61. The van der Waals surface area contributed by atoms with Gasteiger partial charge in [0.25, 0.3) is 5.22 Å². The van der Waals surface area contributed by atoms with Crippen LogP contribution in [0.4, 0.5) is 5.69 Å². The molecule has 5 nitrogen and oxygen atoms in total. The van der Waals surface area contributed by atoms with Crippen molar-refractivity contribution in [1.82, 2.24) is 10.2 Å². The minimum atomic E-state index is -0.381. The van der Waals surface area contributed by atoms with Gasteiger partial charge in [0.1, 0.15) is 0 Å². The molecule has 0 aliphatic carbocycles. The van der Waals surface area contributed by atoms with Gasteiger partial charge in [-0.1, -0.05) is 47.1 Å². The highest BCUT2D eigenvalue weighted by Gasteiger charge is 2.19. The average molecular weight is 374 g/mol. The second-order valence-electron chi connectivity index (χ2n) is 5.50. The molecule has 1 heterocycles. The SMILES string of the molecule is Cc1ccc(NC(=O)[C@@H](C)Sc2nnc(-c3cccc(Cl)c3)o2)cc1. The number of aryl methyl sites for hydroxylation is 1. The van der Waals surface area contributed by atoms with Crippen LogP contribution in [0.3, 0.4) is 0 Å². The molecule has 0 saturated heterocycles. The van der Waals surface area contributed by atoms with Gasteiger partial charge in [-0.15, -0.1) is 10.2 Å². The first kappa shape index (κ1) is 17.5. The van der Waals surface area contributed by atoms with Crippen LogP contribution in [0, 0.1) is 6.92 Å². The molecule has 1 amide bonds. The van der Waals surface area contributed by atoms with Gasteiger partial charge in [0.05, 0.1) is 5.25 Å². The number of anilines is 1. The third kappa shape index (κ3) is 4.61. The van der Waals surface area contributed by atoms with Gasteiger partial charge >= 0.3 is 0 Å². The summed E-state index contributed by atoms with van der Waals surface area (Å²) in [6, 6.07) is 14.8. The number of benzene rings is 2. The number of hydrogen-bond acceptors (Lipinski definition) is 5. The standard InChI is InChI=1S/C18H16ClN3O2S/c1-11-6-8-15(9-7-11)20-16(23)12(2)25-18-22-21-17(24-18)13-4-3-5-14(19)10-13/h3-10,12H,1-2H3,(H,20,23)/t12-/m1/s1. The van der Waals surface area contributed by atoms with Crippen molar-refractivity contribution in [2.75, 3.05) is 5.32 Å². The molecule has 1 atom stereocenters. The van der Waals surface area contributed by atoms with Gasteiger partial charge < -0.3 is 9.73 Å². The first-order valence-electron chi connectivity index (χ1n) is 7.65. The molecule has 25 heavy (non-hydrogen) atoms. The fourth-order valence-electron chi connectivity index (χ4n) is 2.08. The predicted molar refractivity (Wildman–Crippen MR) is 99.9 cm³/mol. The predicted octanol–water partition coefficient (Wildman–Crippen LogP) is 4.82. The quantitative estimate of drug-likeness (QED) is 0.649. The van der Waals surface area contributed by atoms with Gasteiger partial charge in [0.2, 0.25) is 11.8 Å². The van der Waals surface area contributed by atoms with Crippen molar-refractivity contribution in [3.05, 3.63) is 59.1 Å². The van der Waals surface area contributed by atoms with Crippen LogP contribution in [0.15, 0.2) is 58.2 Å². The number of nitrogens with one attached hydrogen (secondary N) is 1. The number of halogens is 1. The van der Waals surface area contributed by atoms with E-state index in [1.165, 1.54) is 11.8 Å². The molecule has 0 spiro atoms. The highest BCUT2D eigenvalue weighted by atomic mass is 35.5. The second-order valence-corrected chi connectivity index (χ2v) is 7.23. The minimum absolute atomic E-state index is 0.128. The Balaban J connectivity index is 1.64. The van der Waals surface area contributed by atoms with Gasteiger partial charge in [0, 0.05) is 16.3 Å². The number of hydrogen-bond donors (Lipinski definition) is 1. The van der Waals surface area contributed by atoms with Gasteiger partial charge in [-0.25, -0.2) is 0 Å². The molecule has 0 fully saturated rings. The molecule has 0 unspecified atom stereocenters. The molecule has 128 valence electrons. The molecule has 2 aromatic carbocycles. The van der Waals surface area contributed by atoms with Gasteiger partial charge in [-0.05, 0) is 44.2 Å². The maximum atomic E-state index is 12.3. The molecular weight excluding hydrogens is 358 g/mol. The Morgan fingerprint density at radius 2 is 1.96 bits per heavy atom. The summed E-state index contributed by atoms with van der Waals surface area (Å²) in [5.74, 6) is 0.243. The van der Waals surface area contributed by atoms with Crippen LogP contribution < -0.4 is 5.32 Å². The molecule has 1 N–H and O–H groups in total. The summed E-state index contributed by atoms with van der Waals surface area (Å²) in [5.41, 5.74) is 2.64. The Morgan fingerprint density at radius 1 is 1.20 bits per heavy atom. The Hall–Kier alpha value is -2.31. The van der Waals surface area contributed by atoms with E-state index >= 15 is 0 Å². The summed E-state index contributed by atoms with van der Waals surface area (Å²) in [6.07, 6.45) is 0. The van der Waals surface area contributed by atoms with E-state index in [0.29, 0.717) is 16.1 Å². The number of nitrogens with zero attached hydrogens (tertiary/aromatic N) is 2. The lowest BCUT2D eigenvalue weighted by Crippen LogP contribution is -2.22. The number of thioether (sulfide) groups is 1. The van der Waals surface area contributed by atoms with Crippen molar-refractivity contribution < 1.29 is 9.21 Å². The van der Waals surface area contributed by atoms with E-state index in [9.17, 15) is 4.79 Å². The van der Waals surface area contributed by atoms with E-state index in [2.05, 4.69) is 15.5 Å². The fraction of sp³-hybridized carbons (Fsp3) is 0.167. The van der Waals surface area contributed by atoms with Crippen LogP contribution in [0.2, 0.25) is 5.02 Å². The average Bonchev–Trinajstić information content (AvgIpc) is 3.05. The minimum Gasteiger partial charge on any atom is -0.411 e. The smallest absolute Gasteiger partial charge is 0.277 e. The van der Waals surface area contributed by atoms with Crippen LogP contribution in [-0.4, -0.2) is 21.4 Å². The highest BCUT2D eigenvalue weighted by Crippen LogP contribution is 2.27. The first-order chi connectivity index (χ1) is 12.0. The molecule has 7 heteroatoms. The van der Waals surface area contributed by atoms with Crippen molar-refractivity contribution >= 4 is 35.0 Å². The largest absolute Gasteiger partial charge is 0.411 e. The topological polar surface area (TPSA) is 68.0 Å². The molecule has 3 aromatic rings. The van der Waals surface area contributed by atoms with Crippen LogP contribution in [0.5, 0.6) is 0 Å². The van der Waals surface area contributed by atoms with Gasteiger partial charge in [-0.2, -0.15) is 0 Å². The van der Waals surface area contributed by atoms with Crippen molar-refractivity contribution in [3.8, 4) is 11.5 Å². The third-order valence-electron chi connectivity index (χ3n) is 3.44. The monoisotopic (exact) mass is 373 g/mol. The number of carbonyl (C=O) groups is 1. The zero-order chi connectivity index (χ0) is 17.8. The zero-order valence-corrected chi connectivity index (χ0v) is 15.3. The van der Waals surface area contributed by atoms with Gasteiger partial charge in [-0.3, -0.25) is 4.79 Å². The molecule has 0 bridgehead atoms. The molecule has 0 saturated carbocycles. The Kier molecular flexibility index (Phi) is 5.40. The second kappa shape index (κ2) is 7.72. The molecule has 0 aliphatic rings. The molecule has 3 rings (SSSR count). The lowest BCUT2D eigenvalue weighted by atomic mass is 10.2. The number of rotatable bonds is 5. The molecule has 0 radical (unpaired) electrons. The molecule has 0 aliphatic heterocycles. The maximum Gasteiger partial charge on any atom is 0.277 e. The molecular formula is C18H16ClN3O2S. The lowest BCUT2D eigenvalue weighted by Gasteiger charge is -2.10. The van der Waals surface area contributed by atoms with E-state index in [1.807, 2.05) is 43.3 Å². The summed E-state index contributed by atoms with van der Waals surface area (Å²) in [5, 5.41) is 11.4. The number of carbonyl (C=O) groups excluding carboxylic acids is 1. The summed E-state index contributed by atoms with van der Waals surface area (Å²) in [7, 11) is 0. The number of aromatic nitrogens is 2. The molecule has 1 aromatic heterocycles. The van der Waals surface area contributed by atoms with E-state index in [4.69, 9.17) is 16.0 Å². The summed E-state index contributed by atoms with van der Waals surface area (Å²) in [4.78, 5) is 12.3. The Bertz CT molecular complexity index is 880. The Morgan fingerprint density at radius 3 is 2.68 bits per heavy atom. The van der Waals surface area contributed by atoms with Gasteiger partial charge in [0.15, 0.2) is 0 Å². The summed E-state index contributed by atoms with van der Waals surface area (Å²) in [6.45, 7) is 3.79. The first-order valence-corrected chi connectivity index (χ1v) is 8.90. The van der Waals surface area contributed by atoms with E-state index in [1.54, 1.807) is 19.1 Å². The number of amides is 1. The maximum absolute atomic E-state index is 12.3. The zero-order valence-electron chi connectivity index (χ0n) is 13.7. The van der Waals surface area contributed by atoms with Crippen molar-refractivity contribution in [1.29, 1.82) is 0 Å². The normalized spacial score (nSPS) is 12.0. The summed E-state index contributed by atoms with van der Waals surface area (Å²) >= 11 is 7.17. The van der Waals surface area contributed by atoms with E-state index in [0.717, 1.165) is 16.8 Å².